The highest BCUT2D eigenvalue weighted by molar-refractivity contribution is 5.88. The Morgan fingerprint density at radius 2 is 2.00 bits per heavy atom. The molecule has 148 valence electrons. The molecule has 2 aromatic carbocycles. The van der Waals surface area contributed by atoms with Gasteiger partial charge in [-0.25, -0.2) is 4.79 Å². The van der Waals surface area contributed by atoms with Gasteiger partial charge in [0.15, 0.2) is 0 Å². The highest BCUT2D eigenvalue weighted by Gasteiger charge is 2.29. The van der Waals surface area contributed by atoms with Crippen molar-refractivity contribution in [3.8, 4) is 5.75 Å². The van der Waals surface area contributed by atoms with Crippen LogP contribution in [0.15, 0.2) is 54.1 Å². The van der Waals surface area contributed by atoms with Crippen molar-refractivity contribution in [1.82, 2.24) is 4.90 Å². The topological polar surface area (TPSA) is 49.8 Å². The van der Waals surface area contributed by atoms with Crippen molar-refractivity contribution in [3.63, 3.8) is 0 Å². The van der Waals surface area contributed by atoms with Crippen LogP contribution < -0.4 is 4.74 Å². The van der Waals surface area contributed by atoms with Crippen LogP contribution in [-0.4, -0.2) is 43.7 Å². The van der Waals surface area contributed by atoms with Gasteiger partial charge in [-0.3, -0.25) is 0 Å². The van der Waals surface area contributed by atoms with Crippen molar-refractivity contribution in [2.75, 3.05) is 27.7 Å². The Morgan fingerprint density at radius 1 is 1.21 bits per heavy atom. The molecule has 0 spiro atoms. The van der Waals surface area contributed by atoms with E-state index in [1.54, 1.807) is 19.2 Å². The molecular formula is C24H29NO3. The number of hydrogen-bond donors (Lipinski definition) is 1. The molecule has 2 aromatic rings. The summed E-state index contributed by atoms with van der Waals surface area (Å²) >= 11 is 0. The predicted octanol–water partition coefficient (Wildman–Crippen LogP) is 4.92. The van der Waals surface area contributed by atoms with E-state index in [1.165, 1.54) is 11.1 Å². The smallest absolute Gasteiger partial charge is 0.335 e. The average Bonchev–Trinajstić information content (AvgIpc) is 2.69. The van der Waals surface area contributed by atoms with Gasteiger partial charge >= 0.3 is 5.97 Å². The molecule has 1 aliphatic carbocycles. The van der Waals surface area contributed by atoms with Crippen LogP contribution in [0.5, 0.6) is 5.75 Å². The van der Waals surface area contributed by atoms with Crippen LogP contribution in [0.2, 0.25) is 0 Å². The summed E-state index contributed by atoms with van der Waals surface area (Å²) in [4.78, 5) is 13.5. The van der Waals surface area contributed by atoms with Crippen LogP contribution in [-0.2, 0) is 0 Å². The number of allylic oxidation sites excluding steroid dienone is 1. The second-order valence-electron chi connectivity index (χ2n) is 7.88. The number of benzene rings is 2. The van der Waals surface area contributed by atoms with Gasteiger partial charge in [-0.15, -0.1) is 0 Å². The number of aromatic carboxylic acids is 1. The van der Waals surface area contributed by atoms with Gasteiger partial charge in [0.2, 0.25) is 0 Å². The molecule has 0 heterocycles. The lowest BCUT2D eigenvalue weighted by atomic mass is 9.73. The summed E-state index contributed by atoms with van der Waals surface area (Å²) in [5, 5.41) is 9.24. The number of carboxylic acid groups (broad SMARTS) is 1. The number of carbonyl (C=O) groups is 1. The van der Waals surface area contributed by atoms with Crippen molar-refractivity contribution in [1.29, 1.82) is 0 Å². The monoisotopic (exact) mass is 379 g/mol. The maximum atomic E-state index is 11.3. The molecule has 2 unspecified atom stereocenters. The molecule has 0 aliphatic heterocycles. The molecule has 1 aliphatic rings. The Labute approximate surface area is 167 Å². The fourth-order valence-electron chi connectivity index (χ4n) is 4.20. The minimum atomic E-state index is -0.885. The fourth-order valence-corrected chi connectivity index (χ4v) is 4.20. The van der Waals surface area contributed by atoms with Gasteiger partial charge in [0.05, 0.1) is 12.7 Å². The summed E-state index contributed by atoms with van der Waals surface area (Å²) < 4.78 is 5.44. The molecule has 28 heavy (non-hydrogen) atoms. The minimum absolute atomic E-state index is 0.333. The van der Waals surface area contributed by atoms with E-state index in [2.05, 4.69) is 43.3 Å². The predicted molar refractivity (Wildman–Crippen MR) is 113 cm³/mol. The standard InChI is InChI=1S/C24H29NO3/c1-25(2)16-21-11-10-18(12-17-6-4-8-20(13-17)24(26)27)14-23(21)19-7-5-9-22(15-19)28-3/h4-9,12-13,15,21,23H,10-11,14,16H2,1-3H3,(H,26,27)/b18-12+. The second kappa shape index (κ2) is 9.07. The third-order valence-electron chi connectivity index (χ3n) is 5.51. The van der Waals surface area contributed by atoms with E-state index in [0.717, 1.165) is 37.1 Å². The molecule has 4 nitrogen and oxygen atoms in total. The first-order chi connectivity index (χ1) is 13.5. The van der Waals surface area contributed by atoms with Crippen LogP contribution >= 0.6 is 0 Å². The van der Waals surface area contributed by atoms with E-state index in [-0.39, 0.29) is 0 Å². The number of nitrogens with zero attached hydrogens (tertiary/aromatic N) is 1. The zero-order valence-electron chi connectivity index (χ0n) is 16.9. The summed E-state index contributed by atoms with van der Waals surface area (Å²) in [7, 11) is 5.97. The molecule has 1 fully saturated rings. The normalized spacial score (nSPS) is 21.1. The Morgan fingerprint density at radius 3 is 2.71 bits per heavy atom. The van der Waals surface area contributed by atoms with Gasteiger partial charge in [0, 0.05) is 6.54 Å². The van der Waals surface area contributed by atoms with Crippen LogP contribution in [0.4, 0.5) is 0 Å². The first-order valence-corrected chi connectivity index (χ1v) is 9.77. The number of methoxy groups -OCH3 is 1. The van der Waals surface area contributed by atoms with Gasteiger partial charge in [-0.2, -0.15) is 0 Å². The molecule has 1 saturated carbocycles. The molecule has 0 aromatic heterocycles. The lowest BCUT2D eigenvalue weighted by Gasteiger charge is -2.35. The molecule has 4 heteroatoms. The van der Waals surface area contributed by atoms with Gasteiger partial charge in [0.25, 0.3) is 0 Å². The minimum Gasteiger partial charge on any atom is -0.497 e. The quantitative estimate of drug-likeness (QED) is 0.774. The van der Waals surface area contributed by atoms with E-state index < -0.39 is 5.97 Å². The van der Waals surface area contributed by atoms with Gasteiger partial charge in [0.1, 0.15) is 5.75 Å². The molecule has 0 amide bonds. The second-order valence-corrected chi connectivity index (χ2v) is 7.88. The van der Waals surface area contributed by atoms with Crippen LogP contribution in [0.25, 0.3) is 6.08 Å². The average molecular weight is 380 g/mol. The van der Waals surface area contributed by atoms with E-state index >= 15 is 0 Å². The summed E-state index contributed by atoms with van der Waals surface area (Å²) in [6.45, 7) is 1.06. The number of hydrogen-bond acceptors (Lipinski definition) is 3. The lowest BCUT2D eigenvalue weighted by molar-refractivity contribution is 0.0697. The molecule has 0 bridgehead atoms. The number of carboxylic acids is 1. The first kappa shape index (κ1) is 20.2. The molecular weight excluding hydrogens is 350 g/mol. The highest BCUT2D eigenvalue weighted by atomic mass is 16.5. The van der Waals surface area contributed by atoms with Crippen molar-refractivity contribution in [3.05, 3.63) is 70.8 Å². The maximum absolute atomic E-state index is 11.3. The first-order valence-electron chi connectivity index (χ1n) is 9.77. The van der Waals surface area contributed by atoms with Crippen molar-refractivity contribution in [2.24, 2.45) is 5.92 Å². The van der Waals surface area contributed by atoms with Gasteiger partial charge in [-0.05, 0) is 80.6 Å². The molecule has 0 saturated heterocycles. The van der Waals surface area contributed by atoms with Gasteiger partial charge < -0.3 is 14.7 Å². The Bertz CT molecular complexity index is 856. The van der Waals surface area contributed by atoms with E-state index in [4.69, 9.17) is 4.74 Å². The van der Waals surface area contributed by atoms with Crippen molar-refractivity contribution in [2.45, 2.75) is 25.2 Å². The number of ether oxygens (including phenoxy) is 1. The fraction of sp³-hybridized carbons (Fsp3) is 0.375. The van der Waals surface area contributed by atoms with E-state index in [0.29, 0.717) is 17.4 Å². The lowest BCUT2D eigenvalue weighted by Crippen LogP contribution is -2.29. The molecule has 0 radical (unpaired) electrons. The van der Waals surface area contributed by atoms with Crippen LogP contribution in [0.3, 0.4) is 0 Å². The van der Waals surface area contributed by atoms with Crippen molar-refractivity contribution < 1.29 is 14.6 Å². The summed E-state index contributed by atoms with van der Waals surface area (Å²) in [6, 6.07) is 15.6. The Balaban J connectivity index is 1.88. The van der Waals surface area contributed by atoms with E-state index in [1.807, 2.05) is 18.2 Å². The maximum Gasteiger partial charge on any atom is 0.335 e. The largest absolute Gasteiger partial charge is 0.497 e. The van der Waals surface area contributed by atoms with E-state index in [9.17, 15) is 9.90 Å². The highest BCUT2D eigenvalue weighted by Crippen LogP contribution is 2.42. The zero-order valence-corrected chi connectivity index (χ0v) is 16.9. The Hall–Kier alpha value is -2.59. The SMILES string of the molecule is COc1cccc(C2C/C(=C/c3cccc(C(=O)O)c3)CCC2CN(C)C)c1. The van der Waals surface area contributed by atoms with Crippen molar-refractivity contribution >= 4 is 12.0 Å². The van der Waals surface area contributed by atoms with Crippen LogP contribution in [0, 0.1) is 5.92 Å². The Kier molecular flexibility index (Phi) is 6.53. The van der Waals surface area contributed by atoms with Crippen LogP contribution in [0.1, 0.15) is 46.7 Å². The van der Waals surface area contributed by atoms with Gasteiger partial charge in [-0.1, -0.05) is 35.9 Å². The number of rotatable bonds is 6. The third-order valence-corrected chi connectivity index (χ3v) is 5.51. The summed E-state index contributed by atoms with van der Waals surface area (Å²) in [5.74, 6) is 1.03. The third kappa shape index (κ3) is 5.02. The zero-order chi connectivity index (χ0) is 20.1. The molecule has 2 atom stereocenters. The summed E-state index contributed by atoms with van der Waals surface area (Å²) in [6.07, 6.45) is 5.34. The molecule has 1 N–H and O–H groups in total. The molecule has 3 rings (SSSR count). The summed E-state index contributed by atoms with van der Waals surface area (Å²) in [5.41, 5.74) is 3.99.